The van der Waals surface area contributed by atoms with Gasteiger partial charge >= 0.3 is 0 Å². The maximum Gasteiger partial charge on any atom is 0.221 e. The number of benzene rings is 1. The molecule has 2 bridgehead atoms. The molecule has 1 amide bonds. The topological polar surface area (TPSA) is 46.3 Å². The average Bonchev–Trinajstić information content (AvgIpc) is 2.93. The molecule has 1 aromatic rings. The van der Waals surface area contributed by atoms with E-state index in [1.807, 2.05) is 0 Å². The van der Waals surface area contributed by atoms with Crippen LogP contribution in [0.3, 0.4) is 0 Å². The normalized spacial score (nSPS) is 33.9. The average molecular weight is 284 g/mol. The number of fused-ring (bicyclic) bond motifs is 4. The van der Waals surface area contributed by atoms with Gasteiger partial charge in [0.1, 0.15) is 0 Å². The maximum absolute atomic E-state index is 11.3. The van der Waals surface area contributed by atoms with Crippen molar-refractivity contribution in [3.63, 3.8) is 0 Å². The van der Waals surface area contributed by atoms with E-state index in [0.29, 0.717) is 12.3 Å². The molecule has 3 fully saturated rings. The van der Waals surface area contributed by atoms with Gasteiger partial charge in [-0.25, -0.2) is 0 Å². The van der Waals surface area contributed by atoms with Gasteiger partial charge in [0.15, 0.2) is 0 Å². The van der Waals surface area contributed by atoms with Gasteiger partial charge in [0.05, 0.1) is 6.42 Å². The van der Waals surface area contributed by atoms with Gasteiger partial charge in [0.25, 0.3) is 0 Å². The summed E-state index contributed by atoms with van der Waals surface area (Å²) in [4.78, 5) is 13.9. The van der Waals surface area contributed by atoms with Crippen molar-refractivity contribution >= 4 is 5.91 Å². The molecule has 21 heavy (non-hydrogen) atoms. The van der Waals surface area contributed by atoms with Crippen molar-refractivity contribution in [3.05, 3.63) is 34.9 Å². The fourth-order valence-corrected chi connectivity index (χ4v) is 5.03. The molecule has 1 aliphatic carbocycles. The number of nitrogens with two attached hydrogens (primary N) is 1. The lowest BCUT2D eigenvalue weighted by Crippen LogP contribution is -2.49. The molecule has 3 nitrogen and oxygen atoms in total. The van der Waals surface area contributed by atoms with Crippen LogP contribution in [0.5, 0.6) is 0 Å². The van der Waals surface area contributed by atoms with Crippen molar-refractivity contribution in [3.8, 4) is 0 Å². The zero-order chi connectivity index (χ0) is 14.4. The Bertz CT molecular complexity index is 560. The minimum Gasteiger partial charge on any atom is -0.369 e. The first-order valence-electron chi connectivity index (χ1n) is 8.33. The highest BCUT2D eigenvalue weighted by molar-refractivity contribution is 5.77. The number of amides is 1. The molecule has 3 aliphatic heterocycles. The molecule has 0 aromatic heterocycles. The second-order valence-corrected chi connectivity index (χ2v) is 7.08. The van der Waals surface area contributed by atoms with Crippen LogP contribution in [0, 0.1) is 11.8 Å². The Kier molecular flexibility index (Phi) is 3.26. The molecule has 5 rings (SSSR count). The largest absolute Gasteiger partial charge is 0.369 e. The summed E-state index contributed by atoms with van der Waals surface area (Å²) in [6.07, 6.45) is 5.57. The highest BCUT2D eigenvalue weighted by Gasteiger charge is 2.41. The molecule has 3 saturated heterocycles. The third-order valence-electron chi connectivity index (χ3n) is 6.00. The van der Waals surface area contributed by atoms with Crippen LogP contribution >= 0.6 is 0 Å². The van der Waals surface area contributed by atoms with Gasteiger partial charge in [-0.1, -0.05) is 18.2 Å². The Morgan fingerprint density at radius 2 is 2.05 bits per heavy atom. The van der Waals surface area contributed by atoms with E-state index in [1.54, 1.807) is 0 Å². The van der Waals surface area contributed by atoms with Crippen LogP contribution in [0.15, 0.2) is 18.2 Å². The molecule has 3 heteroatoms. The van der Waals surface area contributed by atoms with E-state index in [0.717, 1.165) is 18.3 Å². The van der Waals surface area contributed by atoms with Crippen molar-refractivity contribution in [2.24, 2.45) is 17.6 Å². The number of nitrogens with zero attached hydrogens (tertiary/aromatic N) is 1. The lowest BCUT2D eigenvalue weighted by atomic mass is 9.71. The molecule has 0 spiro atoms. The van der Waals surface area contributed by atoms with E-state index >= 15 is 0 Å². The molecule has 0 radical (unpaired) electrons. The van der Waals surface area contributed by atoms with Gasteiger partial charge < -0.3 is 10.6 Å². The van der Waals surface area contributed by atoms with Crippen molar-refractivity contribution in [1.82, 2.24) is 4.90 Å². The van der Waals surface area contributed by atoms with Crippen LogP contribution < -0.4 is 5.73 Å². The van der Waals surface area contributed by atoms with E-state index < -0.39 is 0 Å². The van der Waals surface area contributed by atoms with Gasteiger partial charge in [-0.3, -0.25) is 4.79 Å². The van der Waals surface area contributed by atoms with E-state index in [9.17, 15) is 4.79 Å². The number of piperidine rings is 3. The molecule has 112 valence electrons. The van der Waals surface area contributed by atoms with Crippen LogP contribution in [-0.2, 0) is 17.6 Å². The van der Waals surface area contributed by atoms with Crippen LogP contribution in [0.2, 0.25) is 0 Å². The standard InChI is InChI=1S/C18H24N2O/c19-18(21)10-13-2-1-3-15-14(13)4-5-16(15)17-11-20-8-6-12(17)7-9-20/h1-3,12,16-17H,4-11H2,(H2,19,21). The first-order valence-corrected chi connectivity index (χ1v) is 8.33. The minimum atomic E-state index is -0.213. The first kappa shape index (κ1) is 13.3. The summed E-state index contributed by atoms with van der Waals surface area (Å²) in [6.45, 7) is 3.90. The number of carbonyl (C=O) groups is 1. The van der Waals surface area contributed by atoms with Gasteiger partial charge in [-0.15, -0.1) is 0 Å². The second kappa shape index (κ2) is 5.13. The lowest BCUT2D eigenvalue weighted by Gasteiger charge is -2.47. The molecule has 1 aromatic carbocycles. The summed E-state index contributed by atoms with van der Waals surface area (Å²) in [5.41, 5.74) is 9.52. The quantitative estimate of drug-likeness (QED) is 0.924. The van der Waals surface area contributed by atoms with Gasteiger partial charge in [-0.2, -0.15) is 0 Å². The molecule has 2 N–H and O–H groups in total. The van der Waals surface area contributed by atoms with E-state index in [4.69, 9.17) is 5.73 Å². The highest BCUT2D eigenvalue weighted by atomic mass is 16.1. The lowest BCUT2D eigenvalue weighted by molar-refractivity contribution is -0.117. The minimum absolute atomic E-state index is 0.213. The smallest absolute Gasteiger partial charge is 0.221 e. The summed E-state index contributed by atoms with van der Waals surface area (Å²) in [7, 11) is 0. The Morgan fingerprint density at radius 3 is 2.71 bits per heavy atom. The fourth-order valence-electron chi connectivity index (χ4n) is 5.03. The van der Waals surface area contributed by atoms with E-state index in [-0.39, 0.29) is 5.91 Å². The van der Waals surface area contributed by atoms with Crippen molar-refractivity contribution < 1.29 is 4.79 Å². The number of primary amides is 1. The Morgan fingerprint density at radius 1 is 1.24 bits per heavy atom. The summed E-state index contributed by atoms with van der Waals surface area (Å²) in [5, 5.41) is 0. The third-order valence-corrected chi connectivity index (χ3v) is 6.00. The van der Waals surface area contributed by atoms with Crippen LogP contribution in [0.25, 0.3) is 0 Å². The van der Waals surface area contributed by atoms with E-state index in [1.165, 1.54) is 55.6 Å². The van der Waals surface area contributed by atoms with Crippen molar-refractivity contribution in [2.75, 3.05) is 19.6 Å². The monoisotopic (exact) mass is 284 g/mol. The fraction of sp³-hybridized carbons (Fsp3) is 0.611. The predicted molar refractivity (Wildman–Crippen MR) is 83.1 cm³/mol. The SMILES string of the molecule is NC(=O)Cc1cccc2c1CCC2C1CN2CCC1CC2. The summed E-state index contributed by atoms with van der Waals surface area (Å²) >= 11 is 0. The number of hydrogen-bond donors (Lipinski definition) is 1. The molecule has 2 atom stereocenters. The molecule has 4 aliphatic rings. The first-order chi connectivity index (χ1) is 10.2. The Labute approximate surface area is 126 Å². The van der Waals surface area contributed by atoms with E-state index in [2.05, 4.69) is 23.1 Å². The Hall–Kier alpha value is -1.35. The van der Waals surface area contributed by atoms with Gasteiger partial charge in [0.2, 0.25) is 5.91 Å². The predicted octanol–water partition coefficient (Wildman–Crippen LogP) is 2.09. The number of rotatable bonds is 3. The van der Waals surface area contributed by atoms with Crippen LogP contribution in [0.1, 0.15) is 41.9 Å². The molecule has 3 heterocycles. The Balaban J connectivity index is 1.63. The summed E-state index contributed by atoms with van der Waals surface area (Å²) < 4.78 is 0. The second-order valence-electron chi connectivity index (χ2n) is 7.08. The third kappa shape index (κ3) is 2.28. The van der Waals surface area contributed by atoms with Crippen molar-refractivity contribution in [2.45, 2.75) is 38.0 Å². The zero-order valence-electron chi connectivity index (χ0n) is 12.6. The number of hydrogen-bond acceptors (Lipinski definition) is 2. The van der Waals surface area contributed by atoms with Gasteiger partial charge in [0, 0.05) is 6.54 Å². The number of carbonyl (C=O) groups excluding carboxylic acids is 1. The molecular weight excluding hydrogens is 260 g/mol. The molecule has 0 saturated carbocycles. The molecular formula is C18H24N2O. The van der Waals surface area contributed by atoms with Gasteiger partial charge in [-0.05, 0) is 73.2 Å². The maximum atomic E-state index is 11.3. The van der Waals surface area contributed by atoms with Crippen molar-refractivity contribution in [1.29, 1.82) is 0 Å². The summed E-state index contributed by atoms with van der Waals surface area (Å²) in [5.74, 6) is 2.25. The summed E-state index contributed by atoms with van der Waals surface area (Å²) in [6, 6.07) is 6.51. The molecule has 2 unspecified atom stereocenters. The highest BCUT2D eigenvalue weighted by Crippen LogP contribution is 2.47. The van der Waals surface area contributed by atoms with Crippen LogP contribution in [-0.4, -0.2) is 30.4 Å². The van der Waals surface area contributed by atoms with Crippen LogP contribution in [0.4, 0.5) is 0 Å². The zero-order valence-corrected chi connectivity index (χ0v) is 12.6.